The van der Waals surface area contributed by atoms with E-state index in [2.05, 4.69) is 20.3 Å². The van der Waals surface area contributed by atoms with E-state index in [1.54, 1.807) is 30.6 Å². The van der Waals surface area contributed by atoms with E-state index < -0.39 is 17.9 Å². The summed E-state index contributed by atoms with van der Waals surface area (Å²) in [4.78, 5) is 36.2. The molecule has 7 heteroatoms. The van der Waals surface area contributed by atoms with Crippen LogP contribution in [0.2, 0.25) is 0 Å². The standard InChI is InChI=1S/C20H18N4O3/c1-13-5-2-3-6-15(13)18(9-19(25)26)24-20(27)17-8-4-7-16(23-17)14-10-21-12-22-11-14/h2-8,10-12,18H,9H2,1H3,(H,24,27)(H,25,26)/t18-/m0/s1. The Labute approximate surface area is 156 Å². The third-order valence-electron chi connectivity index (χ3n) is 4.09. The van der Waals surface area contributed by atoms with Crippen LogP contribution in [0.15, 0.2) is 61.2 Å². The highest BCUT2D eigenvalue weighted by molar-refractivity contribution is 5.93. The molecule has 1 atom stereocenters. The Bertz CT molecular complexity index is 960. The maximum Gasteiger partial charge on any atom is 0.305 e. The zero-order valence-electron chi connectivity index (χ0n) is 14.7. The third-order valence-corrected chi connectivity index (χ3v) is 4.09. The van der Waals surface area contributed by atoms with E-state index in [4.69, 9.17) is 0 Å². The zero-order chi connectivity index (χ0) is 19.2. The summed E-state index contributed by atoms with van der Waals surface area (Å²) in [5.74, 6) is -1.44. The van der Waals surface area contributed by atoms with Gasteiger partial charge in [-0.2, -0.15) is 0 Å². The smallest absolute Gasteiger partial charge is 0.305 e. The summed E-state index contributed by atoms with van der Waals surface area (Å²) >= 11 is 0. The number of carboxylic acids is 1. The van der Waals surface area contributed by atoms with Crippen LogP contribution in [0.5, 0.6) is 0 Å². The van der Waals surface area contributed by atoms with Crippen molar-refractivity contribution < 1.29 is 14.7 Å². The number of hydrogen-bond acceptors (Lipinski definition) is 5. The van der Waals surface area contributed by atoms with Crippen LogP contribution in [0.4, 0.5) is 0 Å². The molecule has 1 aromatic carbocycles. The van der Waals surface area contributed by atoms with Crippen LogP contribution in [-0.2, 0) is 4.79 Å². The summed E-state index contributed by atoms with van der Waals surface area (Å²) in [6, 6.07) is 11.8. The van der Waals surface area contributed by atoms with Crippen molar-refractivity contribution in [2.75, 3.05) is 0 Å². The number of hydrogen-bond donors (Lipinski definition) is 2. The molecule has 0 aliphatic rings. The lowest BCUT2D eigenvalue weighted by Crippen LogP contribution is -2.31. The molecule has 1 amide bonds. The molecule has 0 unspecified atom stereocenters. The second-order valence-corrected chi connectivity index (χ2v) is 6.02. The number of pyridine rings is 1. The monoisotopic (exact) mass is 362 g/mol. The third kappa shape index (κ3) is 4.52. The van der Waals surface area contributed by atoms with Crippen molar-refractivity contribution in [2.24, 2.45) is 0 Å². The molecular formula is C20H18N4O3. The van der Waals surface area contributed by atoms with Gasteiger partial charge < -0.3 is 10.4 Å². The molecule has 0 saturated carbocycles. The van der Waals surface area contributed by atoms with Crippen molar-refractivity contribution in [1.29, 1.82) is 0 Å². The molecule has 27 heavy (non-hydrogen) atoms. The lowest BCUT2D eigenvalue weighted by molar-refractivity contribution is -0.137. The van der Waals surface area contributed by atoms with E-state index in [0.29, 0.717) is 11.3 Å². The highest BCUT2D eigenvalue weighted by Gasteiger charge is 2.21. The Kier molecular flexibility index (Phi) is 5.51. The minimum absolute atomic E-state index is 0.195. The first-order chi connectivity index (χ1) is 13.0. The van der Waals surface area contributed by atoms with Gasteiger partial charge in [-0.3, -0.25) is 9.59 Å². The summed E-state index contributed by atoms with van der Waals surface area (Å²) in [5, 5.41) is 12.0. The normalized spacial score (nSPS) is 11.6. The lowest BCUT2D eigenvalue weighted by Gasteiger charge is -2.19. The van der Waals surface area contributed by atoms with Gasteiger partial charge in [0.25, 0.3) is 5.91 Å². The summed E-state index contributed by atoms with van der Waals surface area (Å²) in [6.07, 6.45) is 4.41. The molecule has 0 aliphatic carbocycles. The number of nitrogens with one attached hydrogen (secondary N) is 1. The Morgan fingerprint density at radius 2 is 1.81 bits per heavy atom. The van der Waals surface area contributed by atoms with E-state index in [-0.39, 0.29) is 12.1 Å². The van der Waals surface area contributed by atoms with Gasteiger partial charge in [-0.1, -0.05) is 30.3 Å². The SMILES string of the molecule is Cc1ccccc1[C@H](CC(=O)O)NC(=O)c1cccc(-c2cncnc2)n1. The molecule has 136 valence electrons. The second kappa shape index (κ2) is 8.18. The Hall–Kier alpha value is -3.61. The molecule has 3 rings (SSSR count). The highest BCUT2D eigenvalue weighted by atomic mass is 16.4. The van der Waals surface area contributed by atoms with Gasteiger partial charge in [-0.25, -0.2) is 15.0 Å². The second-order valence-electron chi connectivity index (χ2n) is 6.02. The molecule has 2 N–H and O–H groups in total. The van der Waals surface area contributed by atoms with Crippen LogP contribution in [0.25, 0.3) is 11.3 Å². The first-order valence-corrected chi connectivity index (χ1v) is 8.35. The molecule has 3 aromatic rings. The molecular weight excluding hydrogens is 344 g/mol. The van der Waals surface area contributed by atoms with Crippen molar-refractivity contribution in [2.45, 2.75) is 19.4 Å². The Morgan fingerprint density at radius 3 is 2.52 bits per heavy atom. The number of aliphatic carboxylic acids is 1. The highest BCUT2D eigenvalue weighted by Crippen LogP contribution is 2.21. The number of amides is 1. The molecule has 2 heterocycles. The van der Waals surface area contributed by atoms with E-state index >= 15 is 0 Å². The van der Waals surface area contributed by atoms with Crippen LogP contribution in [0.1, 0.15) is 34.1 Å². The molecule has 0 bridgehead atoms. The number of rotatable bonds is 6. The maximum absolute atomic E-state index is 12.7. The van der Waals surface area contributed by atoms with Crippen molar-refractivity contribution in [3.8, 4) is 11.3 Å². The van der Waals surface area contributed by atoms with Crippen molar-refractivity contribution in [3.63, 3.8) is 0 Å². The van der Waals surface area contributed by atoms with Crippen LogP contribution in [0, 0.1) is 6.92 Å². The van der Waals surface area contributed by atoms with Gasteiger partial charge in [0, 0.05) is 18.0 Å². The summed E-state index contributed by atoms with van der Waals surface area (Å²) in [5.41, 5.74) is 3.12. The van der Waals surface area contributed by atoms with Crippen LogP contribution >= 0.6 is 0 Å². The van der Waals surface area contributed by atoms with Gasteiger partial charge in [0.05, 0.1) is 18.2 Å². The van der Waals surface area contributed by atoms with E-state index in [1.165, 1.54) is 6.33 Å². The van der Waals surface area contributed by atoms with Gasteiger partial charge in [0.15, 0.2) is 0 Å². The van der Waals surface area contributed by atoms with Crippen molar-refractivity contribution in [1.82, 2.24) is 20.3 Å². The first kappa shape index (κ1) is 18.2. The molecule has 0 aliphatic heterocycles. The number of aromatic nitrogens is 3. The van der Waals surface area contributed by atoms with Gasteiger partial charge in [-0.15, -0.1) is 0 Å². The number of carboxylic acid groups (broad SMARTS) is 1. The van der Waals surface area contributed by atoms with Crippen molar-refractivity contribution in [3.05, 3.63) is 78.0 Å². The van der Waals surface area contributed by atoms with Gasteiger partial charge >= 0.3 is 5.97 Å². The molecule has 0 radical (unpaired) electrons. The average Bonchev–Trinajstić information content (AvgIpc) is 2.68. The van der Waals surface area contributed by atoms with Gasteiger partial charge in [-0.05, 0) is 30.2 Å². The van der Waals surface area contributed by atoms with Crippen LogP contribution in [0.3, 0.4) is 0 Å². The summed E-state index contributed by atoms with van der Waals surface area (Å²) in [7, 11) is 0. The Morgan fingerprint density at radius 1 is 1.07 bits per heavy atom. The maximum atomic E-state index is 12.7. The zero-order valence-corrected chi connectivity index (χ0v) is 14.7. The number of aryl methyl sites for hydroxylation is 1. The van der Waals surface area contributed by atoms with Crippen LogP contribution in [-0.4, -0.2) is 31.9 Å². The Balaban J connectivity index is 1.86. The van der Waals surface area contributed by atoms with E-state index in [9.17, 15) is 14.7 Å². The quantitative estimate of drug-likeness (QED) is 0.698. The van der Waals surface area contributed by atoms with Crippen molar-refractivity contribution >= 4 is 11.9 Å². The minimum Gasteiger partial charge on any atom is -0.481 e. The number of carbonyl (C=O) groups is 2. The molecule has 0 fully saturated rings. The number of carbonyl (C=O) groups excluding carboxylic acids is 1. The fraction of sp³-hybridized carbons (Fsp3) is 0.150. The first-order valence-electron chi connectivity index (χ1n) is 8.35. The fourth-order valence-electron chi connectivity index (χ4n) is 2.78. The minimum atomic E-state index is -0.994. The number of benzene rings is 1. The summed E-state index contributed by atoms with van der Waals surface area (Å²) < 4.78 is 0. The molecule has 2 aromatic heterocycles. The summed E-state index contributed by atoms with van der Waals surface area (Å²) in [6.45, 7) is 1.88. The molecule has 7 nitrogen and oxygen atoms in total. The predicted molar refractivity (Wildman–Crippen MR) is 98.9 cm³/mol. The average molecular weight is 362 g/mol. The largest absolute Gasteiger partial charge is 0.481 e. The van der Waals surface area contributed by atoms with Crippen LogP contribution < -0.4 is 5.32 Å². The molecule has 0 spiro atoms. The van der Waals surface area contributed by atoms with Gasteiger partial charge in [0.2, 0.25) is 0 Å². The predicted octanol–water partition coefficient (Wildman–Crippen LogP) is 2.79. The number of nitrogens with zero attached hydrogens (tertiary/aromatic N) is 3. The lowest BCUT2D eigenvalue weighted by atomic mass is 9.98. The van der Waals surface area contributed by atoms with E-state index in [1.807, 2.05) is 31.2 Å². The van der Waals surface area contributed by atoms with Gasteiger partial charge in [0.1, 0.15) is 12.0 Å². The fourth-order valence-corrected chi connectivity index (χ4v) is 2.78. The molecule has 0 saturated heterocycles. The van der Waals surface area contributed by atoms with E-state index in [0.717, 1.165) is 11.1 Å². The topological polar surface area (TPSA) is 105 Å².